The van der Waals surface area contributed by atoms with E-state index >= 15 is 0 Å². The summed E-state index contributed by atoms with van der Waals surface area (Å²) in [7, 11) is 1.91. The standard InChI is InChI=1S/C18H25N3O2/c1-20-16(13-8-4-2-5-9-13)15-12-21(14-10-6-3-7-11-14)17(22)18(15,23)19-20/h2,4-5,8-9,14-16,19,23H,3,6-7,10-12H2,1H3/t15-,16-,18+/m0/s1. The summed E-state index contributed by atoms with van der Waals surface area (Å²) >= 11 is 0. The molecular weight excluding hydrogens is 290 g/mol. The summed E-state index contributed by atoms with van der Waals surface area (Å²) in [5.74, 6) is -0.274. The maximum atomic E-state index is 12.9. The quantitative estimate of drug-likeness (QED) is 0.871. The van der Waals surface area contributed by atoms with Gasteiger partial charge in [-0.2, -0.15) is 0 Å². The highest BCUT2D eigenvalue weighted by molar-refractivity contribution is 5.88. The minimum atomic E-state index is -1.45. The summed E-state index contributed by atoms with van der Waals surface area (Å²) in [5, 5.41) is 13.0. The molecule has 3 aliphatic rings. The molecule has 5 heteroatoms. The minimum Gasteiger partial charge on any atom is -0.366 e. The van der Waals surface area contributed by atoms with E-state index in [0.29, 0.717) is 12.6 Å². The van der Waals surface area contributed by atoms with Crippen LogP contribution in [0.5, 0.6) is 0 Å². The normalized spacial score (nSPS) is 35.7. The van der Waals surface area contributed by atoms with Crippen LogP contribution in [-0.4, -0.2) is 46.3 Å². The van der Waals surface area contributed by atoms with Gasteiger partial charge in [-0.15, -0.1) is 0 Å². The van der Waals surface area contributed by atoms with Crippen molar-refractivity contribution in [2.24, 2.45) is 5.92 Å². The average Bonchev–Trinajstić information content (AvgIpc) is 2.97. The van der Waals surface area contributed by atoms with Gasteiger partial charge in [0.1, 0.15) is 0 Å². The van der Waals surface area contributed by atoms with Crippen LogP contribution in [0, 0.1) is 5.92 Å². The number of nitrogens with one attached hydrogen (secondary N) is 1. The number of amides is 1. The molecule has 124 valence electrons. The number of likely N-dealkylation sites (tertiary alicyclic amines) is 1. The monoisotopic (exact) mass is 315 g/mol. The molecule has 3 atom stereocenters. The molecule has 4 rings (SSSR count). The predicted octanol–water partition coefficient (Wildman–Crippen LogP) is 1.66. The Kier molecular flexibility index (Phi) is 3.67. The van der Waals surface area contributed by atoms with Gasteiger partial charge in [-0.3, -0.25) is 4.79 Å². The van der Waals surface area contributed by atoms with Crippen molar-refractivity contribution in [3.8, 4) is 0 Å². The molecule has 0 bridgehead atoms. The maximum Gasteiger partial charge on any atom is 0.271 e. The number of benzene rings is 1. The Balaban J connectivity index is 1.63. The molecule has 23 heavy (non-hydrogen) atoms. The van der Waals surface area contributed by atoms with Crippen LogP contribution in [0.15, 0.2) is 30.3 Å². The minimum absolute atomic E-state index is 0.0127. The van der Waals surface area contributed by atoms with Crippen molar-refractivity contribution in [2.45, 2.75) is 49.9 Å². The van der Waals surface area contributed by atoms with Gasteiger partial charge in [0, 0.05) is 19.6 Å². The van der Waals surface area contributed by atoms with E-state index in [2.05, 4.69) is 17.6 Å². The summed E-state index contributed by atoms with van der Waals surface area (Å²) < 4.78 is 0. The number of aliphatic hydroxyl groups is 1. The lowest BCUT2D eigenvalue weighted by Gasteiger charge is -2.33. The molecule has 0 aromatic heterocycles. The number of rotatable bonds is 2. The molecule has 1 saturated carbocycles. The number of carbonyl (C=O) groups is 1. The first-order valence-corrected chi connectivity index (χ1v) is 8.70. The predicted molar refractivity (Wildman–Crippen MR) is 87.1 cm³/mol. The number of hydrogen-bond acceptors (Lipinski definition) is 4. The second-order valence-electron chi connectivity index (χ2n) is 7.20. The summed E-state index contributed by atoms with van der Waals surface area (Å²) in [6.45, 7) is 0.636. The van der Waals surface area contributed by atoms with E-state index in [-0.39, 0.29) is 17.9 Å². The van der Waals surface area contributed by atoms with E-state index in [1.54, 1.807) is 0 Å². The van der Waals surface area contributed by atoms with Gasteiger partial charge in [-0.05, 0) is 18.4 Å². The van der Waals surface area contributed by atoms with E-state index in [4.69, 9.17) is 0 Å². The topological polar surface area (TPSA) is 55.8 Å². The Bertz CT molecular complexity index is 587. The molecule has 2 saturated heterocycles. The molecule has 0 radical (unpaired) electrons. The molecule has 1 aliphatic carbocycles. The van der Waals surface area contributed by atoms with Crippen LogP contribution in [0.2, 0.25) is 0 Å². The first-order valence-electron chi connectivity index (χ1n) is 8.70. The molecule has 5 nitrogen and oxygen atoms in total. The molecule has 2 heterocycles. The van der Waals surface area contributed by atoms with Crippen molar-refractivity contribution in [3.05, 3.63) is 35.9 Å². The van der Waals surface area contributed by atoms with Crippen LogP contribution >= 0.6 is 0 Å². The molecule has 2 N–H and O–H groups in total. The van der Waals surface area contributed by atoms with Gasteiger partial charge < -0.3 is 10.0 Å². The molecule has 1 amide bonds. The first kappa shape index (κ1) is 15.1. The smallest absolute Gasteiger partial charge is 0.271 e. The Morgan fingerprint density at radius 2 is 1.87 bits per heavy atom. The molecule has 0 unspecified atom stereocenters. The van der Waals surface area contributed by atoms with Crippen molar-refractivity contribution in [1.82, 2.24) is 15.3 Å². The van der Waals surface area contributed by atoms with Gasteiger partial charge in [0.15, 0.2) is 0 Å². The zero-order chi connectivity index (χ0) is 16.0. The molecule has 3 fully saturated rings. The van der Waals surface area contributed by atoms with Crippen molar-refractivity contribution in [2.75, 3.05) is 13.6 Å². The van der Waals surface area contributed by atoms with Crippen LogP contribution in [0.4, 0.5) is 0 Å². The second kappa shape index (κ2) is 5.58. The van der Waals surface area contributed by atoms with Crippen LogP contribution in [0.3, 0.4) is 0 Å². The Hall–Kier alpha value is -1.43. The first-order chi connectivity index (χ1) is 11.1. The van der Waals surface area contributed by atoms with Gasteiger partial charge in [0.2, 0.25) is 5.72 Å². The molecule has 1 aromatic carbocycles. The van der Waals surface area contributed by atoms with Crippen molar-refractivity contribution < 1.29 is 9.90 Å². The van der Waals surface area contributed by atoms with Gasteiger partial charge in [-0.1, -0.05) is 49.6 Å². The number of fused-ring (bicyclic) bond motifs is 1. The zero-order valence-electron chi connectivity index (χ0n) is 13.6. The number of nitrogens with zero attached hydrogens (tertiary/aromatic N) is 2. The van der Waals surface area contributed by atoms with Crippen molar-refractivity contribution >= 4 is 5.91 Å². The Labute approximate surface area is 137 Å². The number of hydrazine groups is 1. The molecule has 0 spiro atoms. The van der Waals surface area contributed by atoms with Gasteiger partial charge in [0.05, 0.1) is 12.0 Å². The highest BCUT2D eigenvalue weighted by atomic mass is 16.3. The lowest BCUT2D eigenvalue weighted by Crippen LogP contribution is -2.54. The summed E-state index contributed by atoms with van der Waals surface area (Å²) in [5.41, 5.74) is 2.75. The van der Waals surface area contributed by atoms with E-state index in [1.807, 2.05) is 35.2 Å². The van der Waals surface area contributed by atoms with Crippen LogP contribution in [0.1, 0.15) is 43.7 Å². The lowest BCUT2D eigenvalue weighted by atomic mass is 9.89. The molecular formula is C18H25N3O2. The van der Waals surface area contributed by atoms with Gasteiger partial charge in [0.25, 0.3) is 5.91 Å². The summed E-state index contributed by atoms with van der Waals surface area (Å²) in [4.78, 5) is 14.9. The summed E-state index contributed by atoms with van der Waals surface area (Å²) in [6.07, 6.45) is 5.78. The Morgan fingerprint density at radius 1 is 1.17 bits per heavy atom. The van der Waals surface area contributed by atoms with Crippen LogP contribution in [0.25, 0.3) is 0 Å². The fourth-order valence-corrected chi connectivity index (χ4v) is 4.69. The van der Waals surface area contributed by atoms with E-state index in [0.717, 1.165) is 18.4 Å². The molecule has 1 aromatic rings. The maximum absolute atomic E-state index is 12.9. The highest BCUT2D eigenvalue weighted by Crippen LogP contribution is 2.45. The fourth-order valence-electron chi connectivity index (χ4n) is 4.69. The highest BCUT2D eigenvalue weighted by Gasteiger charge is 2.62. The van der Waals surface area contributed by atoms with E-state index in [1.165, 1.54) is 19.3 Å². The third kappa shape index (κ3) is 2.30. The molecule has 2 aliphatic heterocycles. The second-order valence-corrected chi connectivity index (χ2v) is 7.20. The van der Waals surface area contributed by atoms with Crippen molar-refractivity contribution in [3.63, 3.8) is 0 Å². The van der Waals surface area contributed by atoms with E-state index in [9.17, 15) is 9.90 Å². The van der Waals surface area contributed by atoms with Gasteiger partial charge >= 0.3 is 0 Å². The van der Waals surface area contributed by atoms with Gasteiger partial charge in [-0.25, -0.2) is 10.4 Å². The Morgan fingerprint density at radius 3 is 2.57 bits per heavy atom. The van der Waals surface area contributed by atoms with Crippen LogP contribution < -0.4 is 5.43 Å². The third-order valence-corrected chi connectivity index (χ3v) is 5.82. The van der Waals surface area contributed by atoms with Crippen molar-refractivity contribution in [1.29, 1.82) is 0 Å². The average molecular weight is 315 g/mol. The largest absolute Gasteiger partial charge is 0.366 e. The number of carbonyl (C=O) groups excluding carboxylic acids is 1. The number of hydrogen-bond donors (Lipinski definition) is 2. The fraction of sp³-hybridized carbons (Fsp3) is 0.611. The van der Waals surface area contributed by atoms with E-state index < -0.39 is 5.72 Å². The lowest BCUT2D eigenvalue weighted by molar-refractivity contribution is -0.151. The summed E-state index contributed by atoms with van der Waals surface area (Å²) in [6, 6.07) is 10.5. The SMILES string of the molecule is CN1N[C@]2(O)C(=O)N(C3CCCCC3)C[C@H]2[C@@H]1c1ccccc1. The van der Waals surface area contributed by atoms with Crippen LogP contribution in [-0.2, 0) is 4.79 Å². The zero-order valence-corrected chi connectivity index (χ0v) is 13.6. The third-order valence-electron chi connectivity index (χ3n) is 5.82.